The van der Waals surface area contributed by atoms with Crippen molar-refractivity contribution >= 4 is 15.6 Å². The predicted molar refractivity (Wildman–Crippen MR) is 70.5 cm³/mol. The molecule has 0 bridgehead atoms. The summed E-state index contributed by atoms with van der Waals surface area (Å²) in [6.07, 6.45) is 0.338. The molecule has 0 radical (unpaired) electrons. The van der Waals surface area contributed by atoms with Gasteiger partial charge in [0.25, 0.3) is 0 Å². The first kappa shape index (κ1) is 15.8. The zero-order valence-electron chi connectivity index (χ0n) is 10.8. The van der Waals surface area contributed by atoms with Crippen LogP contribution in [-0.2, 0) is 14.6 Å². The lowest BCUT2D eigenvalue weighted by Crippen LogP contribution is -2.15. The van der Waals surface area contributed by atoms with Crippen LogP contribution < -0.4 is 0 Å². The minimum absolute atomic E-state index is 0.0114. The summed E-state index contributed by atoms with van der Waals surface area (Å²) in [5.41, 5.74) is 0.327. The van der Waals surface area contributed by atoms with E-state index < -0.39 is 15.7 Å². The SMILES string of the molecule is COCCCS(=O)(=O)CCC(=O)c1ccc(F)cc1. The van der Waals surface area contributed by atoms with Crippen molar-refractivity contribution in [2.75, 3.05) is 25.2 Å². The Morgan fingerprint density at radius 3 is 2.42 bits per heavy atom. The molecular formula is C13H17FO4S. The largest absolute Gasteiger partial charge is 0.385 e. The van der Waals surface area contributed by atoms with Gasteiger partial charge in [0.1, 0.15) is 5.82 Å². The molecule has 6 heteroatoms. The number of ketones is 1. The molecule has 1 aromatic carbocycles. The fourth-order valence-electron chi connectivity index (χ4n) is 1.55. The highest BCUT2D eigenvalue weighted by Gasteiger charge is 2.14. The summed E-state index contributed by atoms with van der Waals surface area (Å²) < 4.78 is 40.7. The number of Topliss-reactive ketones (excluding diaryl/α,β-unsaturated/α-hetero) is 1. The van der Waals surface area contributed by atoms with Crippen molar-refractivity contribution in [3.8, 4) is 0 Å². The number of ether oxygens (including phenoxy) is 1. The monoisotopic (exact) mass is 288 g/mol. The third-order valence-corrected chi connectivity index (χ3v) is 4.35. The minimum Gasteiger partial charge on any atom is -0.385 e. The Labute approximate surface area is 112 Å². The number of carbonyl (C=O) groups is 1. The fourth-order valence-corrected chi connectivity index (χ4v) is 2.81. The Hall–Kier alpha value is -1.27. The second-order valence-corrected chi connectivity index (χ2v) is 6.48. The molecule has 0 spiro atoms. The molecule has 1 aromatic rings. The van der Waals surface area contributed by atoms with E-state index in [1.165, 1.54) is 31.4 Å². The van der Waals surface area contributed by atoms with Crippen LogP contribution in [0.3, 0.4) is 0 Å². The van der Waals surface area contributed by atoms with E-state index in [0.29, 0.717) is 18.6 Å². The van der Waals surface area contributed by atoms with Gasteiger partial charge in [-0.25, -0.2) is 12.8 Å². The van der Waals surface area contributed by atoms with Gasteiger partial charge in [-0.1, -0.05) is 0 Å². The first-order valence-corrected chi connectivity index (χ1v) is 7.75. The van der Waals surface area contributed by atoms with Gasteiger partial charge in [0.15, 0.2) is 15.6 Å². The minimum atomic E-state index is -3.24. The predicted octanol–water partition coefficient (Wildman–Crippen LogP) is 1.85. The second kappa shape index (κ2) is 7.35. The van der Waals surface area contributed by atoms with E-state index in [1.54, 1.807) is 0 Å². The second-order valence-electron chi connectivity index (χ2n) is 4.18. The summed E-state index contributed by atoms with van der Waals surface area (Å²) >= 11 is 0. The molecule has 0 aromatic heterocycles. The molecule has 1 rings (SSSR count). The quantitative estimate of drug-likeness (QED) is 0.541. The Kier molecular flexibility index (Phi) is 6.11. The Bertz CT molecular complexity index is 508. The van der Waals surface area contributed by atoms with E-state index >= 15 is 0 Å². The summed E-state index contributed by atoms with van der Waals surface area (Å²) in [5, 5.41) is 0. The van der Waals surface area contributed by atoms with Gasteiger partial charge in [-0.15, -0.1) is 0 Å². The maximum absolute atomic E-state index is 12.7. The van der Waals surface area contributed by atoms with Gasteiger partial charge in [-0.05, 0) is 30.7 Å². The molecule has 4 nitrogen and oxygen atoms in total. The first-order valence-electron chi connectivity index (χ1n) is 5.93. The molecule has 106 valence electrons. The van der Waals surface area contributed by atoms with Gasteiger partial charge in [-0.2, -0.15) is 0 Å². The van der Waals surface area contributed by atoms with E-state index in [-0.39, 0.29) is 23.7 Å². The van der Waals surface area contributed by atoms with E-state index in [2.05, 4.69) is 0 Å². The maximum atomic E-state index is 12.7. The average molecular weight is 288 g/mol. The zero-order valence-corrected chi connectivity index (χ0v) is 11.6. The molecule has 0 aliphatic heterocycles. The van der Waals surface area contributed by atoms with Crippen molar-refractivity contribution in [3.63, 3.8) is 0 Å². The van der Waals surface area contributed by atoms with Crippen LogP contribution in [0.5, 0.6) is 0 Å². The smallest absolute Gasteiger partial charge is 0.163 e. The number of rotatable bonds is 8. The molecule has 0 N–H and O–H groups in total. The number of halogens is 1. The molecule has 0 atom stereocenters. The molecule has 0 heterocycles. The third-order valence-electron chi connectivity index (χ3n) is 2.61. The standard InChI is InChI=1S/C13H17FO4S/c1-18-8-2-9-19(16,17)10-7-13(15)11-3-5-12(14)6-4-11/h3-6H,2,7-10H2,1H3. The van der Waals surface area contributed by atoms with E-state index in [9.17, 15) is 17.6 Å². The molecule has 0 saturated carbocycles. The summed E-state index contributed by atoms with van der Waals surface area (Å²) in [4.78, 5) is 11.7. The number of hydrogen-bond acceptors (Lipinski definition) is 4. The van der Waals surface area contributed by atoms with Gasteiger partial charge < -0.3 is 4.74 Å². The number of benzene rings is 1. The van der Waals surface area contributed by atoms with Crippen molar-refractivity contribution in [1.82, 2.24) is 0 Å². The zero-order chi connectivity index (χ0) is 14.3. The summed E-state index contributed by atoms with van der Waals surface area (Å²) in [5.74, 6) is -0.899. The highest BCUT2D eigenvalue weighted by Crippen LogP contribution is 2.07. The van der Waals surface area contributed by atoms with Gasteiger partial charge in [0, 0.05) is 25.7 Å². The van der Waals surface area contributed by atoms with E-state index in [0.717, 1.165) is 0 Å². The van der Waals surface area contributed by atoms with Gasteiger partial charge in [-0.3, -0.25) is 4.79 Å². The van der Waals surface area contributed by atoms with Crippen LogP contribution in [0.15, 0.2) is 24.3 Å². The maximum Gasteiger partial charge on any atom is 0.163 e. The van der Waals surface area contributed by atoms with Crippen molar-refractivity contribution in [3.05, 3.63) is 35.6 Å². The van der Waals surface area contributed by atoms with Crippen LogP contribution in [0.4, 0.5) is 4.39 Å². The van der Waals surface area contributed by atoms with Gasteiger partial charge >= 0.3 is 0 Å². The van der Waals surface area contributed by atoms with Crippen LogP contribution in [-0.4, -0.2) is 39.4 Å². The Balaban J connectivity index is 2.47. The van der Waals surface area contributed by atoms with Crippen molar-refractivity contribution in [2.45, 2.75) is 12.8 Å². The van der Waals surface area contributed by atoms with Crippen LogP contribution in [0.25, 0.3) is 0 Å². The first-order chi connectivity index (χ1) is 8.94. The Morgan fingerprint density at radius 2 is 1.84 bits per heavy atom. The van der Waals surface area contributed by atoms with Crippen molar-refractivity contribution in [1.29, 1.82) is 0 Å². The van der Waals surface area contributed by atoms with E-state index in [1.807, 2.05) is 0 Å². The van der Waals surface area contributed by atoms with Crippen LogP contribution >= 0.6 is 0 Å². The molecule has 0 amide bonds. The molecule has 0 fully saturated rings. The Morgan fingerprint density at radius 1 is 1.21 bits per heavy atom. The molecule has 0 aliphatic carbocycles. The molecule has 0 aliphatic rings. The number of methoxy groups -OCH3 is 1. The van der Waals surface area contributed by atoms with Gasteiger partial charge in [0.2, 0.25) is 0 Å². The molecular weight excluding hydrogens is 271 g/mol. The average Bonchev–Trinajstić information content (AvgIpc) is 2.37. The summed E-state index contributed by atoms with van der Waals surface area (Å²) in [7, 11) is -1.74. The number of sulfone groups is 1. The van der Waals surface area contributed by atoms with Crippen LogP contribution in [0.1, 0.15) is 23.2 Å². The molecule has 0 unspecified atom stereocenters. The van der Waals surface area contributed by atoms with Gasteiger partial charge in [0.05, 0.1) is 11.5 Å². The van der Waals surface area contributed by atoms with Crippen molar-refractivity contribution < 1.29 is 22.3 Å². The lowest BCUT2D eigenvalue weighted by molar-refractivity contribution is 0.0988. The number of hydrogen-bond donors (Lipinski definition) is 0. The summed E-state index contributed by atoms with van der Waals surface area (Å²) in [6.45, 7) is 0.380. The van der Waals surface area contributed by atoms with Crippen LogP contribution in [0, 0.1) is 5.82 Å². The normalized spacial score (nSPS) is 11.5. The fraction of sp³-hybridized carbons (Fsp3) is 0.462. The van der Waals surface area contributed by atoms with Crippen LogP contribution in [0.2, 0.25) is 0 Å². The summed E-state index contributed by atoms with van der Waals surface area (Å²) in [6, 6.07) is 5.07. The van der Waals surface area contributed by atoms with E-state index in [4.69, 9.17) is 4.74 Å². The third kappa shape index (κ3) is 5.94. The highest BCUT2D eigenvalue weighted by atomic mass is 32.2. The topological polar surface area (TPSA) is 60.4 Å². The lowest BCUT2D eigenvalue weighted by Gasteiger charge is -2.04. The number of carbonyl (C=O) groups excluding carboxylic acids is 1. The molecule has 0 saturated heterocycles. The highest BCUT2D eigenvalue weighted by molar-refractivity contribution is 7.91. The lowest BCUT2D eigenvalue weighted by atomic mass is 10.1. The van der Waals surface area contributed by atoms with Crippen molar-refractivity contribution in [2.24, 2.45) is 0 Å². The molecule has 19 heavy (non-hydrogen) atoms.